The third kappa shape index (κ3) is 6.90. The molecule has 11 heteroatoms. The summed E-state index contributed by atoms with van der Waals surface area (Å²) >= 11 is 0. The molecule has 1 aromatic heterocycles. The van der Waals surface area contributed by atoms with Gasteiger partial charge in [0.05, 0.1) is 17.2 Å². The minimum atomic E-state index is -0.898. The van der Waals surface area contributed by atoms with Gasteiger partial charge in [0.25, 0.3) is 17.7 Å². The Labute approximate surface area is 265 Å². The molecule has 238 valence electrons. The number of fused-ring (bicyclic) bond motifs is 1. The maximum Gasteiger partial charge on any atom is 0.256 e. The predicted molar refractivity (Wildman–Crippen MR) is 174 cm³/mol. The Kier molecular flexibility index (Phi) is 9.74. The first-order valence-corrected chi connectivity index (χ1v) is 15.0. The molecule has 0 saturated heterocycles. The highest BCUT2D eigenvalue weighted by molar-refractivity contribution is 6.35. The first-order valence-electron chi connectivity index (χ1n) is 15.0. The molecule has 2 heterocycles. The second-order valence-corrected chi connectivity index (χ2v) is 11.0. The summed E-state index contributed by atoms with van der Waals surface area (Å²) in [5.74, 6) is -3.10. The molecule has 3 aromatic carbocycles. The van der Waals surface area contributed by atoms with Gasteiger partial charge in [0.1, 0.15) is 11.6 Å². The topological polar surface area (TPSA) is 127 Å². The number of aliphatic hydroxyl groups excluding tert-OH is 1. The van der Waals surface area contributed by atoms with Gasteiger partial charge in [-0.15, -0.1) is 0 Å². The fourth-order valence-corrected chi connectivity index (χ4v) is 5.50. The third-order valence-electron chi connectivity index (χ3n) is 7.89. The van der Waals surface area contributed by atoms with E-state index >= 15 is 4.39 Å². The fraction of sp³-hybridized carbons (Fsp3) is 0.229. The zero-order valence-electron chi connectivity index (χ0n) is 25.7. The van der Waals surface area contributed by atoms with Crippen molar-refractivity contribution in [2.45, 2.75) is 26.9 Å². The molecule has 0 aliphatic carbocycles. The molecule has 1 atom stereocenters. The van der Waals surface area contributed by atoms with Crippen LogP contribution in [0.15, 0.2) is 66.7 Å². The summed E-state index contributed by atoms with van der Waals surface area (Å²) in [5.41, 5.74) is 2.76. The molecule has 4 aromatic rings. The molecule has 5 N–H and O–H groups in total. The number of carbonyl (C=O) groups is 3. The van der Waals surface area contributed by atoms with Crippen LogP contribution in [0.5, 0.6) is 0 Å². The maximum absolute atomic E-state index is 15.3. The average Bonchev–Trinajstić information content (AvgIpc) is 3.53. The van der Waals surface area contributed by atoms with Crippen LogP contribution in [-0.4, -0.2) is 65.0 Å². The number of anilines is 2. The Morgan fingerprint density at radius 1 is 0.978 bits per heavy atom. The summed E-state index contributed by atoms with van der Waals surface area (Å²) in [5, 5.41) is 18.8. The number of rotatable bonds is 11. The van der Waals surface area contributed by atoms with E-state index in [0.717, 1.165) is 25.2 Å². The highest BCUT2D eigenvalue weighted by Gasteiger charge is 2.29. The number of para-hydroxylation sites is 1. The molecular weight excluding hydrogens is 592 g/mol. The number of aryl methyl sites for hydroxylation is 1. The summed E-state index contributed by atoms with van der Waals surface area (Å²) in [4.78, 5) is 44.9. The Morgan fingerprint density at radius 3 is 2.41 bits per heavy atom. The maximum atomic E-state index is 15.3. The first-order chi connectivity index (χ1) is 22.1. The van der Waals surface area contributed by atoms with Crippen molar-refractivity contribution >= 4 is 40.7 Å². The molecule has 5 rings (SSSR count). The van der Waals surface area contributed by atoms with Crippen LogP contribution in [0.1, 0.15) is 51.5 Å². The lowest BCUT2D eigenvalue weighted by Crippen LogP contribution is -2.40. The van der Waals surface area contributed by atoms with Crippen LogP contribution >= 0.6 is 0 Å². The summed E-state index contributed by atoms with van der Waals surface area (Å²) in [6, 6.07) is 16.8. The standard InChI is InChI=1S/C35H35F2N5O4/c1-4-42(5-2)19-24(43)18-38-35(46)31-20(3)39-30(32(31)25-13-12-22(36)16-28(25)37)17-27-26-15-21(11-14-29(26)41-34(27)45)33(44)40-23-9-7-6-8-10-23/h6-17,24,39,43H,4-5,18-19H2,1-3H3,(H,38,46)(H,40,44)(H,41,45). The molecule has 1 aliphatic rings. The smallest absolute Gasteiger partial charge is 0.256 e. The van der Waals surface area contributed by atoms with E-state index in [4.69, 9.17) is 0 Å². The Bertz CT molecular complexity index is 1820. The molecule has 0 bridgehead atoms. The Balaban J connectivity index is 1.53. The molecule has 3 amide bonds. The van der Waals surface area contributed by atoms with E-state index in [-0.39, 0.29) is 40.4 Å². The highest BCUT2D eigenvalue weighted by Crippen LogP contribution is 2.38. The number of benzene rings is 3. The molecule has 0 saturated carbocycles. The summed E-state index contributed by atoms with van der Waals surface area (Å²) in [6.45, 7) is 7.35. The van der Waals surface area contributed by atoms with Crippen molar-refractivity contribution in [1.82, 2.24) is 15.2 Å². The van der Waals surface area contributed by atoms with Crippen molar-refractivity contribution in [3.63, 3.8) is 0 Å². The number of H-pyrrole nitrogens is 1. The number of hydrogen-bond donors (Lipinski definition) is 5. The molecule has 0 spiro atoms. The first kappa shape index (κ1) is 32.3. The predicted octanol–water partition coefficient (Wildman–Crippen LogP) is 5.45. The number of nitrogens with one attached hydrogen (secondary N) is 4. The van der Waals surface area contributed by atoms with E-state index in [1.54, 1.807) is 49.4 Å². The van der Waals surface area contributed by atoms with Gasteiger partial charge in [-0.1, -0.05) is 32.0 Å². The zero-order valence-corrected chi connectivity index (χ0v) is 25.7. The number of amides is 3. The van der Waals surface area contributed by atoms with Crippen LogP contribution in [0.25, 0.3) is 22.8 Å². The van der Waals surface area contributed by atoms with Crippen LogP contribution in [0, 0.1) is 18.6 Å². The van der Waals surface area contributed by atoms with Crippen LogP contribution in [0.2, 0.25) is 0 Å². The van der Waals surface area contributed by atoms with Crippen molar-refractivity contribution in [2.24, 2.45) is 0 Å². The largest absolute Gasteiger partial charge is 0.390 e. The molecule has 1 unspecified atom stereocenters. The number of likely N-dealkylation sites (N-methyl/N-ethyl adjacent to an activating group) is 1. The van der Waals surface area contributed by atoms with E-state index in [2.05, 4.69) is 20.9 Å². The molecule has 0 fully saturated rings. The number of halogens is 2. The van der Waals surface area contributed by atoms with Crippen LogP contribution in [-0.2, 0) is 4.79 Å². The lowest BCUT2D eigenvalue weighted by atomic mass is 9.96. The third-order valence-corrected chi connectivity index (χ3v) is 7.89. The zero-order chi connectivity index (χ0) is 33.0. The summed E-state index contributed by atoms with van der Waals surface area (Å²) < 4.78 is 29.2. The molecule has 0 radical (unpaired) electrons. The minimum Gasteiger partial charge on any atom is -0.390 e. The van der Waals surface area contributed by atoms with E-state index in [1.165, 1.54) is 12.1 Å². The lowest BCUT2D eigenvalue weighted by Gasteiger charge is -2.22. The van der Waals surface area contributed by atoms with Crippen molar-refractivity contribution < 1.29 is 28.3 Å². The van der Waals surface area contributed by atoms with Gasteiger partial charge in [0.2, 0.25) is 0 Å². The summed E-state index contributed by atoms with van der Waals surface area (Å²) in [7, 11) is 0. The van der Waals surface area contributed by atoms with Crippen LogP contribution in [0.4, 0.5) is 20.2 Å². The Hall–Kier alpha value is -5.13. The number of aromatic nitrogens is 1. The van der Waals surface area contributed by atoms with Gasteiger partial charge in [-0.3, -0.25) is 14.4 Å². The number of hydrogen-bond acceptors (Lipinski definition) is 5. The van der Waals surface area contributed by atoms with Crippen LogP contribution in [0.3, 0.4) is 0 Å². The van der Waals surface area contributed by atoms with E-state index in [9.17, 15) is 23.9 Å². The minimum absolute atomic E-state index is 0.0503. The molecular formula is C35H35F2N5O4. The van der Waals surface area contributed by atoms with Crippen molar-refractivity contribution in [3.05, 3.63) is 106 Å². The average molecular weight is 628 g/mol. The number of aliphatic hydroxyl groups is 1. The second kappa shape index (κ2) is 13.9. The normalized spacial score (nSPS) is 13.9. The molecule has 9 nitrogen and oxygen atoms in total. The van der Waals surface area contributed by atoms with Crippen molar-refractivity contribution in [3.8, 4) is 11.1 Å². The van der Waals surface area contributed by atoms with Gasteiger partial charge < -0.3 is 30.9 Å². The SMILES string of the molecule is CCN(CC)CC(O)CNC(=O)c1c(C)[nH]c(C=C2C(=O)Nc3ccc(C(=O)Nc4ccccc4)cc32)c1-c1ccc(F)cc1F. The fourth-order valence-electron chi connectivity index (χ4n) is 5.50. The van der Waals surface area contributed by atoms with Crippen LogP contribution < -0.4 is 16.0 Å². The van der Waals surface area contributed by atoms with E-state index in [0.29, 0.717) is 34.7 Å². The second-order valence-electron chi connectivity index (χ2n) is 11.0. The lowest BCUT2D eigenvalue weighted by molar-refractivity contribution is -0.110. The van der Waals surface area contributed by atoms with Gasteiger partial charge in [-0.05, 0) is 68.6 Å². The van der Waals surface area contributed by atoms with Gasteiger partial charge in [0.15, 0.2) is 0 Å². The highest BCUT2D eigenvalue weighted by atomic mass is 19.1. The van der Waals surface area contributed by atoms with Crippen molar-refractivity contribution in [2.75, 3.05) is 36.8 Å². The van der Waals surface area contributed by atoms with Crippen molar-refractivity contribution in [1.29, 1.82) is 0 Å². The van der Waals surface area contributed by atoms with E-state index in [1.807, 2.05) is 24.8 Å². The Morgan fingerprint density at radius 2 is 1.72 bits per heavy atom. The van der Waals surface area contributed by atoms with Gasteiger partial charge in [0, 0.05) is 64.2 Å². The molecule has 1 aliphatic heterocycles. The number of nitrogens with zero attached hydrogens (tertiary/aromatic N) is 1. The van der Waals surface area contributed by atoms with Gasteiger partial charge in [-0.25, -0.2) is 8.78 Å². The van der Waals surface area contributed by atoms with E-state index < -0.39 is 29.6 Å². The number of aromatic amines is 1. The monoisotopic (exact) mass is 627 g/mol. The number of carbonyl (C=O) groups excluding carboxylic acids is 3. The summed E-state index contributed by atoms with van der Waals surface area (Å²) in [6.07, 6.45) is 0.639. The molecule has 46 heavy (non-hydrogen) atoms. The van der Waals surface area contributed by atoms with Gasteiger partial charge in [-0.2, -0.15) is 0 Å². The quantitative estimate of drug-likeness (QED) is 0.142. The van der Waals surface area contributed by atoms with Gasteiger partial charge >= 0.3 is 0 Å².